The Labute approximate surface area is 92.8 Å². The number of carbonyl (C=O) groups is 1. The lowest BCUT2D eigenvalue weighted by molar-refractivity contribution is -0.384. The summed E-state index contributed by atoms with van der Waals surface area (Å²) in [6.07, 6.45) is 0.335. The summed E-state index contributed by atoms with van der Waals surface area (Å²) in [7, 11) is 0. The number of ketones is 1. The molecule has 15 heavy (non-hydrogen) atoms. The average molecular weight is 231 g/mol. The van der Waals surface area contributed by atoms with Gasteiger partial charge in [0.05, 0.1) is 4.92 Å². The highest BCUT2D eigenvalue weighted by Gasteiger charge is 2.12. The first kappa shape index (κ1) is 13.4. The fraction of sp³-hybridized carbons (Fsp3) is 0.222. The monoisotopic (exact) mass is 230 g/mol. The minimum atomic E-state index is -0.545. The molecule has 0 unspecified atom stereocenters. The fourth-order valence-corrected chi connectivity index (χ4v) is 1.11. The lowest BCUT2D eigenvalue weighted by atomic mass is 10.1. The molecule has 0 radical (unpaired) electrons. The summed E-state index contributed by atoms with van der Waals surface area (Å²) in [6, 6.07) is 3.86. The minimum Gasteiger partial charge on any atom is -0.398 e. The van der Waals surface area contributed by atoms with Crippen LogP contribution in [0.25, 0.3) is 0 Å². The van der Waals surface area contributed by atoms with E-state index in [9.17, 15) is 14.9 Å². The number of halogens is 1. The predicted octanol–water partition coefficient (Wildman–Crippen LogP) is 2.19. The Balaban J connectivity index is 0.00000196. The van der Waals surface area contributed by atoms with Crippen molar-refractivity contribution in [3.8, 4) is 0 Å². The van der Waals surface area contributed by atoms with Gasteiger partial charge in [0.1, 0.15) is 0 Å². The first-order valence-electron chi connectivity index (χ1n) is 4.13. The third-order valence-corrected chi connectivity index (χ3v) is 1.87. The van der Waals surface area contributed by atoms with E-state index >= 15 is 0 Å². The summed E-state index contributed by atoms with van der Waals surface area (Å²) >= 11 is 0. The van der Waals surface area contributed by atoms with Gasteiger partial charge in [0, 0.05) is 29.8 Å². The fourth-order valence-electron chi connectivity index (χ4n) is 1.11. The van der Waals surface area contributed by atoms with Gasteiger partial charge in [-0.2, -0.15) is 0 Å². The Morgan fingerprint density at radius 2 is 2.13 bits per heavy atom. The smallest absolute Gasteiger partial charge is 0.271 e. The molecule has 0 atom stereocenters. The lowest BCUT2D eigenvalue weighted by Gasteiger charge is -2.01. The first-order valence-corrected chi connectivity index (χ1v) is 4.13. The lowest BCUT2D eigenvalue weighted by Crippen LogP contribution is -2.02. The van der Waals surface area contributed by atoms with E-state index in [4.69, 9.17) is 5.73 Å². The van der Waals surface area contributed by atoms with Gasteiger partial charge in [-0.05, 0) is 6.07 Å². The predicted molar refractivity (Wildman–Crippen MR) is 59.4 cm³/mol. The van der Waals surface area contributed by atoms with Crippen LogP contribution in [0, 0.1) is 10.1 Å². The van der Waals surface area contributed by atoms with E-state index in [2.05, 4.69) is 0 Å². The Hall–Kier alpha value is -1.62. The van der Waals surface area contributed by atoms with Crippen molar-refractivity contribution in [1.82, 2.24) is 0 Å². The van der Waals surface area contributed by atoms with Crippen LogP contribution in [0.1, 0.15) is 23.7 Å². The number of hydrogen-bond acceptors (Lipinski definition) is 4. The van der Waals surface area contributed by atoms with Gasteiger partial charge in [-0.1, -0.05) is 6.92 Å². The molecule has 0 aliphatic heterocycles. The molecule has 2 N–H and O–H groups in total. The van der Waals surface area contributed by atoms with E-state index in [-0.39, 0.29) is 29.6 Å². The highest BCUT2D eigenvalue weighted by molar-refractivity contribution is 6.00. The topological polar surface area (TPSA) is 86.2 Å². The van der Waals surface area contributed by atoms with Crippen molar-refractivity contribution in [3.05, 3.63) is 33.9 Å². The van der Waals surface area contributed by atoms with Crippen LogP contribution in [0.5, 0.6) is 0 Å². The Bertz CT molecular complexity index is 393. The highest BCUT2D eigenvalue weighted by Crippen LogP contribution is 2.20. The molecule has 0 aromatic heterocycles. The zero-order valence-electron chi connectivity index (χ0n) is 8.10. The van der Waals surface area contributed by atoms with Gasteiger partial charge in [0.15, 0.2) is 5.78 Å². The highest BCUT2D eigenvalue weighted by atomic mass is 35.5. The van der Waals surface area contributed by atoms with E-state index in [0.717, 1.165) is 0 Å². The third-order valence-electron chi connectivity index (χ3n) is 1.87. The van der Waals surface area contributed by atoms with Crippen molar-refractivity contribution in [2.45, 2.75) is 13.3 Å². The Kier molecular flexibility index (Phi) is 4.73. The van der Waals surface area contributed by atoms with Crippen LogP contribution >= 0.6 is 12.4 Å². The van der Waals surface area contributed by atoms with Gasteiger partial charge in [0.2, 0.25) is 0 Å². The molecule has 0 heterocycles. The van der Waals surface area contributed by atoms with Gasteiger partial charge in [-0.25, -0.2) is 0 Å². The van der Waals surface area contributed by atoms with Crippen LogP contribution in [0.15, 0.2) is 18.2 Å². The Morgan fingerprint density at radius 3 is 2.53 bits per heavy atom. The molecule has 0 aliphatic carbocycles. The molecule has 0 amide bonds. The van der Waals surface area contributed by atoms with E-state index in [0.29, 0.717) is 12.0 Å². The number of non-ortho nitro benzene ring substituents is 1. The van der Waals surface area contributed by atoms with Crippen LogP contribution < -0.4 is 5.73 Å². The second kappa shape index (κ2) is 5.31. The Morgan fingerprint density at radius 1 is 1.53 bits per heavy atom. The minimum absolute atomic E-state index is 0. The number of anilines is 1. The second-order valence-corrected chi connectivity index (χ2v) is 2.81. The quantitative estimate of drug-likeness (QED) is 0.373. The van der Waals surface area contributed by atoms with Gasteiger partial charge in [0.25, 0.3) is 5.69 Å². The van der Waals surface area contributed by atoms with Crippen LogP contribution in [-0.2, 0) is 0 Å². The van der Waals surface area contributed by atoms with Gasteiger partial charge in [-0.3, -0.25) is 14.9 Å². The second-order valence-electron chi connectivity index (χ2n) is 2.81. The van der Waals surface area contributed by atoms with Crippen molar-refractivity contribution in [2.24, 2.45) is 0 Å². The molecule has 0 bridgehead atoms. The van der Waals surface area contributed by atoms with Gasteiger partial charge < -0.3 is 5.73 Å². The molecule has 5 nitrogen and oxygen atoms in total. The average Bonchev–Trinajstić information content (AvgIpc) is 2.16. The van der Waals surface area contributed by atoms with Crippen molar-refractivity contribution < 1.29 is 9.72 Å². The maximum atomic E-state index is 11.3. The van der Waals surface area contributed by atoms with Gasteiger partial charge >= 0.3 is 0 Å². The summed E-state index contributed by atoms with van der Waals surface area (Å²) in [5.74, 6) is -0.114. The largest absolute Gasteiger partial charge is 0.398 e. The van der Waals surface area contributed by atoms with Crippen molar-refractivity contribution in [1.29, 1.82) is 0 Å². The van der Waals surface area contributed by atoms with Crippen LogP contribution in [0.4, 0.5) is 11.4 Å². The maximum absolute atomic E-state index is 11.3. The molecule has 0 aliphatic rings. The van der Waals surface area contributed by atoms with Gasteiger partial charge in [-0.15, -0.1) is 12.4 Å². The summed E-state index contributed by atoms with van der Waals surface area (Å²) < 4.78 is 0. The number of nitro groups is 1. The van der Waals surface area contributed by atoms with Crippen molar-refractivity contribution >= 4 is 29.6 Å². The van der Waals surface area contributed by atoms with E-state index < -0.39 is 4.92 Å². The number of nitrogens with zero attached hydrogens (tertiary/aromatic N) is 1. The number of rotatable bonds is 3. The SMILES string of the molecule is CCC(=O)c1ccc([N+](=O)[O-])cc1N.Cl. The molecule has 1 rings (SSSR count). The number of nitrogen functional groups attached to an aromatic ring is 1. The molecule has 6 heteroatoms. The molecule has 82 valence electrons. The van der Waals surface area contributed by atoms with Crippen LogP contribution in [-0.4, -0.2) is 10.7 Å². The molecular weight excluding hydrogens is 220 g/mol. The molecule has 0 spiro atoms. The number of carbonyl (C=O) groups excluding carboxylic acids is 1. The summed E-state index contributed by atoms with van der Waals surface area (Å²) in [4.78, 5) is 21.1. The summed E-state index contributed by atoms with van der Waals surface area (Å²) in [5.41, 5.74) is 5.91. The standard InChI is InChI=1S/C9H10N2O3.ClH/c1-2-9(12)7-4-3-6(11(13)14)5-8(7)10;/h3-5H,2,10H2,1H3;1H. The molecule has 0 saturated carbocycles. The molecule has 0 saturated heterocycles. The molecular formula is C9H11ClN2O3. The van der Waals surface area contributed by atoms with Crippen molar-refractivity contribution in [3.63, 3.8) is 0 Å². The molecule has 1 aromatic rings. The first-order chi connectivity index (χ1) is 6.56. The van der Waals surface area contributed by atoms with Crippen molar-refractivity contribution in [2.75, 3.05) is 5.73 Å². The van der Waals surface area contributed by atoms with E-state index in [1.165, 1.54) is 18.2 Å². The summed E-state index contributed by atoms with van der Waals surface area (Å²) in [5, 5.41) is 10.4. The van der Waals surface area contributed by atoms with E-state index in [1.807, 2.05) is 0 Å². The molecule has 1 aromatic carbocycles. The number of nitrogens with two attached hydrogens (primary N) is 1. The number of benzene rings is 1. The zero-order valence-corrected chi connectivity index (χ0v) is 8.91. The summed E-state index contributed by atoms with van der Waals surface area (Å²) in [6.45, 7) is 1.71. The molecule has 0 fully saturated rings. The van der Waals surface area contributed by atoms with Crippen LogP contribution in [0.3, 0.4) is 0 Å². The number of Topliss-reactive ketones (excluding diaryl/α,β-unsaturated/α-hetero) is 1. The normalized spacial score (nSPS) is 9.13. The zero-order chi connectivity index (χ0) is 10.7. The van der Waals surface area contributed by atoms with Crippen LogP contribution in [0.2, 0.25) is 0 Å². The van der Waals surface area contributed by atoms with E-state index in [1.54, 1.807) is 6.92 Å². The number of nitro benzene ring substituents is 1. The third kappa shape index (κ3) is 2.92. The number of hydrogen-bond donors (Lipinski definition) is 1. The maximum Gasteiger partial charge on any atom is 0.271 e.